The van der Waals surface area contributed by atoms with Crippen molar-refractivity contribution in [2.75, 3.05) is 56.7 Å². The Morgan fingerprint density at radius 1 is 1.15 bits per heavy atom. The molecule has 3 unspecified atom stereocenters. The summed E-state index contributed by atoms with van der Waals surface area (Å²) < 4.78 is 36.0. The van der Waals surface area contributed by atoms with E-state index in [4.69, 9.17) is 14.7 Å². The molecule has 2 N–H and O–H groups in total. The maximum Gasteiger partial charge on any atom is 0.318 e. The van der Waals surface area contributed by atoms with Crippen LogP contribution in [0.15, 0.2) is 34.8 Å². The van der Waals surface area contributed by atoms with Gasteiger partial charge < -0.3 is 29.9 Å². The number of nitrogens with one attached hydrogen (secondary N) is 1. The fourth-order valence-electron chi connectivity index (χ4n) is 7.05. The summed E-state index contributed by atoms with van der Waals surface area (Å²) in [6.07, 6.45) is 2.83. The van der Waals surface area contributed by atoms with Crippen molar-refractivity contribution in [1.29, 1.82) is 0 Å². The van der Waals surface area contributed by atoms with Gasteiger partial charge in [-0.05, 0) is 50.9 Å². The number of benzene rings is 2. The van der Waals surface area contributed by atoms with Gasteiger partial charge in [-0.3, -0.25) is 0 Å². The third-order valence-corrected chi connectivity index (χ3v) is 9.74. The van der Waals surface area contributed by atoms with Gasteiger partial charge in [0, 0.05) is 71.9 Å². The van der Waals surface area contributed by atoms with Crippen LogP contribution in [0.4, 0.5) is 20.3 Å². The largest absolute Gasteiger partial charge is 0.508 e. The van der Waals surface area contributed by atoms with Crippen molar-refractivity contribution in [2.45, 2.75) is 50.2 Å². The van der Waals surface area contributed by atoms with Crippen LogP contribution < -0.4 is 19.9 Å². The number of aromatic nitrogens is 2. The molecule has 7 rings (SSSR count). The van der Waals surface area contributed by atoms with Gasteiger partial charge in [0.25, 0.3) is 5.92 Å². The summed E-state index contributed by atoms with van der Waals surface area (Å²) in [6.45, 7) is 3.06. The maximum absolute atomic E-state index is 14.5. The number of ether oxygens (including phenoxy) is 1. The number of phenols is 1. The first-order valence-electron chi connectivity index (χ1n) is 14.3. The van der Waals surface area contributed by atoms with E-state index in [-0.39, 0.29) is 31.3 Å². The van der Waals surface area contributed by atoms with Crippen molar-refractivity contribution in [1.82, 2.24) is 20.2 Å². The van der Waals surface area contributed by atoms with E-state index < -0.39 is 11.3 Å². The number of fused-ring (bicyclic) bond motifs is 4. The molecule has 1 aromatic heterocycles. The topological polar surface area (TPSA) is 77.0 Å². The van der Waals surface area contributed by atoms with Crippen LogP contribution in [-0.2, 0) is 13.0 Å². The van der Waals surface area contributed by atoms with Crippen LogP contribution in [-0.4, -0.2) is 84.9 Å². The molecular formula is C30H35BrF2N6O2. The minimum absolute atomic E-state index is 0.128. The molecule has 4 heterocycles. The summed E-state index contributed by atoms with van der Waals surface area (Å²) in [6, 6.07) is 10.5. The fourth-order valence-corrected chi connectivity index (χ4v) is 7.63. The van der Waals surface area contributed by atoms with Crippen molar-refractivity contribution in [3.05, 3.63) is 46.1 Å². The van der Waals surface area contributed by atoms with E-state index in [1.807, 2.05) is 18.2 Å². The fraction of sp³-hybridized carbons (Fsp3) is 0.533. The number of anilines is 2. The molecule has 1 saturated carbocycles. The highest BCUT2D eigenvalue weighted by Gasteiger charge is 2.71. The van der Waals surface area contributed by atoms with Gasteiger partial charge in [0.2, 0.25) is 0 Å². The molecule has 41 heavy (non-hydrogen) atoms. The number of hydrogen-bond donors (Lipinski definition) is 2. The van der Waals surface area contributed by atoms with Crippen LogP contribution in [0.5, 0.6) is 11.8 Å². The average molecular weight is 630 g/mol. The molecule has 3 fully saturated rings. The molecule has 8 nitrogen and oxygen atoms in total. The van der Waals surface area contributed by atoms with E-state index >= 15 is 0 Å². The molecule has 2 bridgehead atoms. The van der Waals surface area contributed by atoms with E-state index in [0.29, 0.717) is 18.6 Å². The molecular weight excluding hydrogens is 594 g/mol. The second-order valence-electron chi connectivity index (χ2n) is 12.5. The quantitative estimate of drug-likeness (QED) is 0.394. The number of halogens is 3. The number of rotatable bonds is 7. The van der Waals surface area contributed by atoms with E-state index in [1.165, 1.54) is 0 Å². The molecule has 3 aliphatic heterocycles. The Bertz CT molecular complexity index is 1490. The lowest BCUT2D eigenvalue weighted by Crippen LogP contribution is -2.52. The van der Waals surface area contributed by atoms with Crippen LogP contribution in [0.1, 0.15) is 30.5 Å². The van der Waals surface area contributed by atoms with Crippen LogP contribution in [0.3, 0.4) is 0 Å². The van der Waals surface area contributed by atoms with E-state index in [2.05, 4.69) is 31.0 Å². The van der Waals surface area contributed by atoms with Crippen LogP contribution in [0.25, 0.3) is 10.8 Å². The summed E-state index contributed by atoms with van der Waals surface area (Å²) in [5.41, 5.74) is 1.64. The standard InChI is InChI=1S/C30H35BrF2N6O2/c1-37(2)16-29(15-30(29,32)33)17-41-28-35-24-14-38(25-11-21(40)10-18-4-3-5-23(31)26(18)25)9-8-22(24)27(36-28)39-12-19-6-7-20(13-39)34-19/h3-5,10-11,19-20,34,40H,6-9,12-17H2,1-2H3. The van der Waals surface area contributed by atoms with Crippen LogP contribution in [0, 0.1) is 5.41 Å². The molecule has 218 valence electrons. The summed E-state index contributed by atoms with van der Waals surface area (Å²) in [4.78, 5) is 16.1. The predicted molar refractivity (Wildman–Crippen MR) is 158 cm³/mol. The van der Waals surface area contributed by atoms with Crippen molar-refractivity contribution >= 4 is 38.2 Å². The van der Waals surface area contributed by atoms with Crippen LogP contribution >= 0.6 is 15.9 Å². The molecule has 3 aromatic rings. The Kier molecular flexibility index (Phi) is 6.55. The van der Waals surface area contributed by atoms with Crippen molar-refractivity contribution < 1.29 is 18.6 Å². The zero-order valence-electron chi connectivity index (χ0n) is 23.3. The molecule has 0 spiro atoms. The molecule has 0 radical (unpaired) electrons. The number of piperazine rings is 1. The molecule has 2 aromatic carbocycles. The zero-order valence-corrected chi connectivity index (χ0v) is 24.9. The lowest BCUT2D eigenvalue weighted by molar-refractivity contribution is 0.0287. The van der Waals surface area contributed by atoms with E-state index in [0.717, 1.165) is 76.9 Å². The number of nitrogens with zero attached hydrogens (tertiary/aromatic N) is 5. The molecule has 0 amide bonds. The van der Waals surface area contributed by atoms with Crippen molar-refractivity contribution in [2.24, 2.45) is 5.41 Å². The molecule has 1 aliphatic carbocycles. The molecule has 4 aliphatic rings. The summed E-state index contributed by atoms with van der Waals surface area (Å²) >= 11 is 3.70. The monoisotopic (exact) mass is 628 g/mol. The van der Waals surface area contributed by atoms with Crippen molar-refractivity contribution in [3.63, 3.8) is 0 Å². The maximum atomic E-state index is 14.5. The Balaban J connectivity index is 1.24. The highest BCUT2D eigenvalue weighted by molar-refractivity contribution is 9.10. The Morgan fingerprint density at radius 2 is 1.90 bits per heavy atom. The number of hydrogen-bond acceptors (Lipinski definition) is 8. The van der Waals surface area contributed by atoms with Gasteiger partial charge in [0.1, 0.15) is 18.2 Å². The predicted octanol–water partition coefficient (Wildman–Crippen LogP) is 4.57. The summed E-state index contributed by atoms with van der Waals surface area (Å²) in [5.74, 6) is -1.68. The van der Waals surface area contributed by atoms with Gasteiger partial charge in [0.05, 0.1) is 17.7 Å². The first-order valence-corrected chi connectivity index (χ1v) is 15.1. The first-order chi connectivity index (χ1) is 19.6. The van der Waals surface area contributed by atoms with Gasteiger partial charge in [-0.2, -0.15) is 9.97 Å². The third kappa shape index (κ3) is 4.89. The van der Waals surface area contributed by atoms with Gasteiger partial charge in [-0.25, -0.2) is 8.78 Å². The summed E-state index contributed by atoms with van der Waals surface area (Å²) in [7, 11) is 3.61. The lowest BCUT2D eigenvalue weighted by atomic mass is 10.0. The smallest absolute Gasteiger partial charge is 0.318 e. The van der Waals surface area contributed by atoms with Crippen LogP contribution in [0.2, 0.25) is 0 Å². The number of alkyl halides is 2. The van der Waals surface area contributed by atoms with E-state index in [1.54, 1.807) is 31.1 Å². The second kappa shape index (κ2) is 9.91. The second-order valence-corrected chi connectivity index (χ2v) is 13.3. The summed E-state index contributed by atoms with van der Waals surface area (Å²) in [5, 5.41) is 16.2. The minimum atomic E-state index is -2.76. The average Bonchev–Trinajstić information content (AvgIpc) is 3.29. The number of aromatic hydroxyl groups is 1. The SMILES string of the molecule is CN(C)CC1(COc2nc3c(c(N4CC5CCC(C4)N5)n2)CCN(c2cc(O)cc4cccc(Br)c24)C3)CC1(F)F. The van der Waals surface area contributed by atoms with Gasteiger partial charge in [-0.15, -0.1) is 0 Å². The normalized spacial score (nSPS) is 26.5. The van der Waals surface area contributed by atoms with E-state index in [9.17, 15) is 13.9 Å². The van der Waals surface area contributed by atoms with Gasteiger partial charge in [0.15, 0.2) is 0 Å². The zero-order chi connectivity index (χ0) is 28.5. The molecule has 3 atom stereocenters. The first kappa shape index (κ1) is 27.1. The Labute approximate surface area is 246 Å². The van der Waals surface area contributed by atoms with Gasteiger partial charge in [-0.1, -0.05) is 28.1 Å². The Hall–Kier alpha value is -2.76. The van der Waals surface area contributed by atoms with Gasteiger partial charge >= 0.3 is 6.01 Å². The van der Waals surface area contributed by atoms with Crippen molar-refractivity contribution in [3.8, 4) is 11.8 Å². The highest BCUT2D eigenvalue weighted by atomic mass is 79.9. The molecule has 11 heteroatoms. The number of phenolic OH excluding ortho intramolecular Hbond substituents is 1. The lowest BCUT2D eigenvalue weighted by Gasteiger charge is -2.37. The Morgan fingerprint density at radius 3 is 2.61 bits per heavy atom. The minimum Gasteiger partial charge on any atom is -0.508 e. The molecule has 2 saturated heterocycles. The highest BCUT2D eigenvalue weighted by Crippen LogP contribution is 2.60. The third-order valence-electron chi connectivity index (χ3n) is 9.08.